The molecule has 3 saturated heterocycles. The molecule has 98 valence electrons. The smallest absolute Gasteiger partial charge is 0.0760 e. The van der Waals surface area contributed by atoms with Crippen molar-refractivity contribution >= 4 is 0 Å². The maximum absolute atomic E-state index is 2.74. The number of hydrogen-bond acceptors (Lipinski definition) is 3. The summed E-state index contributed by atoms with van der Waals surface area (Å²) < 4.78 is 0. The molecule has 0 radical (unpaired) electrons. The zero-order valence-electron chi connectivity index (χ0n) is 11.1. The van der Waals surface area contributed by atoms with E-state index >= 15 is 0 Å². The van der Waals surface area contributed by atoms with E-state index in [0.29, 0.717) is 0 Å². The molecule has 17 heavy (non-hydrogen) atoms. The van der Waals surface area contributed by atoms with E-state index in [1.807, 2.05) is 0 Å². The molecule has 1 unspecified atom stereocenters. The predicted octanol–water partition coefficient (Wildman–Crippen LogP) is 2.30. The Morgan fingerprint density at radius 2 is 1.24 bits per heavy atom. The van der Waals surface area contributed by atoms with Gasteiger partial charge in [0.05, 0.1) is 6.17 Å². The summed E-state index contributed by atoms with van der Waals surface area (Å²) in [6.07, 6.45) is 12.1. The third-order valence-corrected chi connectivity index (χ3v) is 4.70. The number of nitrogens with zero attached hydrogens (tertiary/aromatic N) is 3. The molecule has 0 spiro atoms. The van der Waals surface area contributed by atoms with Crippen molar-refractivity contribution in [2.45, 2.75) is 57.5 Å². The fourth-order valence-corrected chi connectivity index (χ4v) is 3.77. The third-order valence-electron chi connectivity index (χ3n) is 4.70. The van der Waals surface area contributed by atoms with Crippen molar-refractivity contribution in [2.75, 3.05) is 32.7 Å². The van der Waals surface area contributed by atoms with E-state index in [1.165, 1.54) is 84.1 Å². The number of piperidine rings is 2. The lowest BCUT2D eigenvalue weighted by Gasteiger charge is -2.47. The Kier molecular flexibility index (Phi) is 3.99. The van der Waals surface area contributed by atoms with Gasteiger partial charge in [0, 0.05) is 19.6 Å². The van der Waals surface area contributed by atoms with Crippen LogP contribution >= 0.6 is 0 Å². The van der Waals surface area contributed by atoms with E-state index in [-0.39, 0.29) is 0 Å². The molecule has 0 N–H and O–H groups in total. The second kappa shape index (κ2) is 5.68. The van der Waals surface area contributed by atoms with Gasteiger partial charge in [0.2, 0.25) is 0 Å². The van der Waals surface area contributed by atoms with Gasteiger partial charge in [0.1, 0.15) is 0 Å². The number of rotatable bonds is 2. The second-order valence-electron chi connectivity index (χ2n) is 5.90. The number of hydrazine groups is 1. The highest BCUT2D eigenvalue weighted by atomic mass is 15.7. The standard InChI is InChI=1S/C14H27N3/c1-3-11-16(12-4-1)17-13-5-2-8-14(17)15-9-6-7-10-15/h14H,1-13H2. The highest BCUT2D eigenvalue weighted by Gasteiger charge is 2.33. The van der Waals surface area contributed by atoms with Crippen molar-refractivity contribution in [3.8, 4) is 0 Å². The summed E-state index contributed by atoms with van der Waals surface area (Å²) in [4.78, 5) is 2.74. The van der Waals surface area contributed by atoms with Crippen molar-refractivity contribution in [3.05, 3.63) is 0 Å². The van der Waals surface area contributed by atoms with E-state index in [2.05, 4.69) is 14.9 Å². The fourth-order valence-electron chi connectivity index (χ4n) is 3.77. The summed E-state index contributed by atoms with van der Waals surface area (Å²) in [5, 5.41) is 5.40. The topological polar surface area (TPSA) is 9.72 Å². The number of hydrogen-bond donors (Lipinski definition) is 0. The molecule has 0 amide bonds. The summed E-state index contributed by atoms with van der Waals surface area (Å²) in [6.45, 7) is 6.61. The van der Waals surface area contributed by atoms with Crippen molar-refractivity contribution in [1.82, 2.24) is 14.9 Å². The van der Waals surface area contributed by atoms with E-state index in [9.17, 15) is 0 Å². The Morgan fingerprint density at radius 1 is 0.588 bits per heavy atom. The Labute approximate surface area is 106 Å². The van der Waals surface area contributed by atoms with Crippen LogP contribution < -0.4 is 0 Å². The highest BCUT2D eigenvalue weighted by Crippen LogP contribution is 2.26. The molecule has 0 aromatic heterocycles. The van der Waals surface area contributed by atoms with Crippen LogP contribution in [0.1, 0.15) is 51.4 Å². The van der Waals surface area contributed by atoms with Gasteiger partial charge in [-0.2, -0.15) is 0 Å². The van der Waals surface area contributed by atoms with E-state index in [4.69, 9.17) is 0 Å². The SMILES string of the molecule is C1CCN(N2CCCCC2N2CCCC2)CC1. The first-order valence-electron chi connectivity index (χ1n) is 7.71. The van der Waals surface area contributed by atoms with E-state index in [0.717, 1.165) is 6.17 Å². The first-order valence-corrected chi connectivity index (χ1v) is 7.71. The summed E-state index contributed by atoms with van der Waals surface area (Å²) in [6, 6.07) is 0. The Balaban J connectivity index is 1.65. The largest absolute Gasteiger partial charge is 0.287 e. The molecule has 3 fully saturated rings. The normalized spacial score (nSPS) is 34.2. The molecule has 3 aliphatic heterocycles. The van der Waals surface area contributed by atoms with Gasteiger partial charge in [-0.05, 0) is 58.0 Å². The molecule has 3 aliphatic rings. The summed E-state index contributed by atoms with van der Waals surface area (Å²) in [7, 11) is 0. The molecule has 0 saturated carbocycles. The fraction of sp³-hybridized carbons (Fsp3) is 1.00. The molecule has 0 aromatic rings. The van der Waals surface area contributed by atoms with Gasteiger partial charge in [-0.3, -0.25) is 4.90 Å². The van der Waals surface area contributed by atoms with Gasteiger partial charge in [0.25, 0.3) is 0 Å². The maximum Gasteiger partial charge on any atom is 0.0760 e. The van der Waals surface area contributed by atoms with Crippen molar-refractivity contribution in [3.63, 3.8) is 0 Å². The van der Waals surface area contributed by atoms with E-state index in [1.54, 1.807) is 0 Å². The van der Waals surface area contributed by atoms with Gasteiger partial charge in [-0.25, -0.2) is 10.0 Å². The first-order chi connectivity index (χ1) is 8.45. The zero-order valence-corrected chi connectivity index (χ0v) is 11.1. The summed E-state index contributed by atoms with van der Waals surface area (Å²) >= 11 is 0. The van der Waals surface area contributed by atoms with Gasteiger partial charge >= 0.3 is 0 Å². The highest BCUT2D eigenvalue weighted by molar-refractivity contribution is 4.80. The molecule has 0 bridgehead atoms. The minimum atomic E-state index is 0.740. The van der Waals surface area contributed by atoms with Crippen LogP contribution in [0.4, 0.5) is 0 Å². The minimum absolute atomic E-state index is 0.740. The van der Waals surface area contributed by atoms with Crippen LogP contribution in [0, 0.1) is 0 Å². The maximum atomic E-state index is 2.74. The Bertz CT molecular complexity index is 232. The van der Waals surface area contributed by atoms with Crippen molar-refractivity contribution in [1.29, 1.82) is 0 Å². The van der Waals surface area contributed by atoms with Crippen LogP contribution in [-0.2, 0) is 0 Å². The molecule has 3 nitrogen and oxygen atoms in total. The molecule has 3 rings (SSSR count). The molecular weight excluding hydrogens is 210 g/mol. The van der Waals surface area contributed by atoms with Gasteiger partial charge < -0.3 is 0 Å². The third kappa shape index (κ3) is 2.67. The van der Waals surface area contributed by atoms with Crippen LogP contribution in [0.15, 0.2) is 0 Å². The monoisotopic (exact) mass is 237 g/mol. The van der Waals surface area contributed by atoms with Gasteiger partial charge in [-0.15, -0.1) is 0 Å². The average molecular weight is 237 g/mol. The lowest BCUT2D eigenvalue weighted by Crippen LogP contribution is -2.58. The summed E-state index contributed by atoms with van der Waals surface area (Å²) in [5.74, 6) is 0. The van der Waals surface area contributed by atoms with Crippen LogP contribution in [-0.4, -0.2) is 53.8 Å². The van der Waals surface area contributed by atoms with Crippen LogP contribution in [0.25, 0.3) is 0 Å². The molecular formula is C14H27N3. The molecule has 0 aromatic carbocycles. The quantitative estimate of drug-likeness (QED) is 0.729. The molecule has 0 aliphatic carbocycles. The van der Waals surface area contributed by atoms with Gasteiger partial charge in [-0.1, -0.05) is 6.42 Å². The first kappa shape index (κ1) is 11.9. The molecule has 3 heteroatoms. The van der Waals surface area contributed by atoms with Gasteiger partial charge in [0.15, 0.2) is 0 Å². The van der Waals surface area contributed by atoms with Crippen molar-refractivity contribution in [2.24, 2.45) is 0 Å². The minimum Gasteiger partial charge on any atom is -0.287 e. The number of likely N-dealkylation sites (tertiary alicyclic amines) is 1. The molecule has 1 atom stereocenters. The summed E-state index contributed by atoms with van der Waals surface area (Å²) in [5.41, 5.74) is 0. The van der Waals surface area contributed by atoms with Crippen LogP contribution in [0.5, 0.6) is 0 Å². The molecule has 3 heterocycles. The Hall–Kier alpha value is -0.120. The predicted molar refractivity (Wildman–Crippen MR) is 70.6 cm³/mol. The van der Waals surface area contributed by atoms with E-state index < -0.39 is 0 Å². The van der Waals surface area contributed by atoms with Crippen LogP contribution in [0.2, 0.25) is 0 Å². The zero-order chi connectivity index (χ0) is 11.5. The lowest BCUT2D eigenvalue weighted by atomic mass is 10.1. The average Bonchev–Trinajstić information content (AvgIpc) is 2.94. The second-order valence-corrected chi connectivity index (χ2v) is 5.90. The Morgan fingerprint density at radius 3 is 2.00 bits per heavy atom. The van der Waals surface area contributed by atoms with Crippen molar-refractivity contribution < 1.29 is 0 Å². The lowest BCUT2D eigenvalue weighted by molar-refractivity contribution is -0.133. The van der Waals surface area contributed by atoms with Crippen LogP contribution in [0.3, 0.4) is 0 Å².